The summed E-state index contributed by atoms with van der Waals surface area (Å²) in [7, 11) is 0. The van der Waals surface area contributed by atoms with Gasteiger partial charge in [0, 0.05) is 16.5 Å². The number of benzene rings is 2. The van der Waals surface area contributed by atoms with Gasteiger partial charge in [0.05, 0.1) is 0 Å². The van der Waals surface area contributed by atoms with Gasteiger partial charge in [-0.2, -0.15) is 0 Å². The number of carbonyl (C=O) groups is 2. The molecule has 0 spiro atoms. The molecule has 0 heterocycles. The van der Waals surface area contributed by atoms with Crippen LogP contribution >= 0.6 is 0 Å². The maximum atomic E-state index is 12.2. The largest absolute Gasteiger partial charge is 0.483 e. The normalized spacial score (nSPS) is 12.5. The number of hydrogen-bond acceptors (Lipinski definition) is 2. The summed E-state index contributed by atoms with van der Waals surface area (Å²) in [5.41, 5.74) is 2.93. The first kappa shape index (κ1) is 13.0. The van der Waals surface area contributed by atoms with E-state index in [4.69, 9.17) is 9.90 Å². The lowest BCUT2D eigenvalue weighted by atomic mass is 9.87. The van der Waals surface area contributed by atoms with Crippen LogP contribution < -0.4 is 0 Å². The first-order chi connectivity index (χ1) is 9.22. The van der Waals surface area contributed by atoms with Crippen LogP contribution in [-0.2, 0) is 4.79 Å². The van der Waals surface area contributed by atoms with Crippen molar-refractivity contribution in [3.63, 3.8) is 0 Å². The third-order valence-electron chi connectivity index (χ3n) is 3.18. The van der Waals surface area contributed by atoms with Crippen LogP contribution in [0.2, 0.25) is 0 Å². The lowest BCUT2D eigenvalue weighted by Gasteiger charge is -2.15. The summed E-state index contributed by atoms with van der Waals surface area (Å²) >= 11 is 0. The Balaban J connectivity index is 0.000000408. The number of allylic oxidation sites excluding steroid dienone is 1. The molecule has 2 aromatic rings. The second-order valence-electron chi connectivity index (χ2n) is 4.21. The van der Waals surface area contributed by atoms with E-state index in [1.807, 2.05) is 31.2 Å². The highest BCUT2D eigenvalue weighted by atomic mass is 16.3. The second kappa shape index (κ2) is 5.48. The predicted octanol–water partition coefficient (Wildman–Crippen LogP) is 3.53. The van der Waals surface area contributed by atoms with E-state index in [0.29, 0.717) is 0 Å². The fourth-order valence-corrected chi connectivity index (χ4v) is 2.37. The highest BCUT2D eigenvalue weighted by molar-refractivity contribution is 6.22. The molecule has 1 N–H and O–H groups in total. The molecule has 0 saturated heterocycles. The van der Waals surface area contributed by atoms with Crippen LogP contribution in [0.5, 0.6) is 0 Å². The van der Waals surface area contributed by atoms with Gasteiger partial charge in [0.25, 0.3) is 6.47 Å². The van der Waals surface area contributed by atoms with Crippen molar-refractivity contribution in [2.45, 2.75) is 13.3 Å². The molecule has 3 rings (SSSR count). The Kier molecular flexibility index (Phi) is 3.76. The van der Waals surface area contributed by atoms with Crippen molar-refractivity contribution in [3.8, 4) is 0 Å². The monoisotopic (exact) mass is 254 g/mol. The van der Waals surface area contributed by atoms with Gasteiger partial charge in [-0.05, 0) is 23.4 Å². The fraction of sp³-hybridized carbons (Fsp3) is 0.125. The number of rotatable bonds is 1. The maximum absolute atomic E-state index is 12.2. The van der Waals surface area contributed by atoms with Gasteiger partial charge < -0.3 is 5.11 Å². The SMILES string of the molecule is CCC1=Cc2cccc3cccc(c23)C1=O.O=CO. The number of carbonyl (C=O) groups excluding carboxylic acids is 1. The molecule has 0 aliphatic heterocycles. The average Bonchev–Trinajstić information content (AvgIpc) is 2.43. The Hall–Kier alpha value is -2.42. The number of carboxylic acid groups (broad SMARTS) is 1. The maximum Gasteiger partial charge on any atom is 0.290 e. The van der Waals surface area contributed by atoms with Crippen LogP contribution in [0.1, 0.15) is 29.3 Å². The Bertz CT molecular complexity index is 663. The number of hydrogen-bond donors (Lipinski definition) is 1. The van der Waals surface area contributed by atoms with Crippen LogP contribution in [0.15, 0.2) is 42.0 Å². The van der Waals surface area contributed by atoms with Crippen molar-refractivity contribution in [1.29, 1.82) is 0 Å². The van der Waals surface area contributed by atoms with Crippen molar-refractivity contribution in [3.05, 3.63) is 53.1 Å². The molecular weight excluding hydrogens is 240 g/mol. The molecule has 0 bridgehead atoms. The average molecular weight is 254 g/mol. The standard InChI is InChI=1S/C15H12O.CH2O2/c1-2-10-9-12-7-3-5-11-6-4-8-13(14(11)12)15(10)16;2-1-3/h3-9H,2H2,1H3;1H,(H,2,3). The summed E-state index contributed by atoms with van der Waals surface area (Å²) in [5, 5.41) is 9.14. The van der Waals surface area contributed by atoms with Crippen LogP contribution in [0, 0.1) is 0 Å². The molecule has 3 heteroatoms. The summed E-state index contributed by atoms with van der Waals surface area (Å²) in [5.74, 6) is 0.187. The summed E-state index contributed by atoms with van der Waals surface area (Å²) in [6, 6.07) is 12.1. The quantitative estimate of drug-likeness (QED) is 0.792. The Morgan fingerprint density at radius 2 is 1.79 bits per heavy atom. The summed E-state index contributed by atoms with van der Waals surface area (Å²) < 4.78 is 0. The fourth-order valence-electron chi connectivity index (χ4n) is 2.37. The minimum Gasteiger partial charge on any atom is -0.483 e. The zero-order valence-corrected chi connectivity index (χ0v) is 10.6. The summed E-state index contributed by atoms with van der Waals surface area (Å²) in [6.45, 7) is 1.78. The minimum atomic E-state index is -0.250. The van der Waals surface area contributed by atoms with Gasteiger partial charge in [-0.3, -0.25) is 9.59 Å². The zero-order chi connectivity index (χ0) is 13.8. The molecule has 19 heavy (non-hydrogen) atoms. The molecule has 96 valence electrons. The number of ketones is 1. The van der Waals surface area contributed by atoms with E-state index < -0.39 is 0 Å². The zero-order valence-electron chi connectivity index (χ0n) is 10.6. The van der Waals surface area contributed by atoms with E-state index in [1.165, 1.54) is 5.56 Å². The molecule has 0 atom stereocenters. The van der Waals surface area contributed by atoms with Crippen molar-refractivity contribution in [1.82, 2.24) is 0 Å². The van der Waals surface area contributed by atoms with E-state index in [9.17, 15) is 4.79 Å². The van der Waals surface area contributed by atoms with Crippen LogP contribution in [0.25, 0.3) is 16.8 Å². The van der Waals surface area contributed by atoms with Gasteiger partial charge in [-0.25, -0.2) is 0 Å². The molecule has 1 aliphatic carbocycles. The first-order valence-corrected chi connectivity index (χ1v) is 6.07. The van der Waals surface area contributed by atoms with Crippen LogP contribution in [0.3, 0.4) is 0 Å². The molecule has 2 aromatic carbocycles. The minimum absolute atomic E-state index is 0.187. The predicted molar refractivity (Wildman–Crippen MR) is 75.2 cm³/mol. The van der Waals surface area contributed by atoms with Crippen molar-refractivity contribution in [2.24, 2.45) is 0 Å². The molecule has 0 radical (unpaired) electrons. The van der Waals surface area contributed by atoms with Crippen molar-refractivity contribution < 1.29 is 14.7 Å². The van der Waals surface area contributed by atoms with E-state index in [-0.39, 0.29) is 12.3 Å². The van der Waals surface area contributed by atoms with Crippen molar-refractivity contribution in [2.75, 3.05) is 0 Å². The highest BCUT2D eigenvalue weighted by Gasteiger charge is 2.19. The van der Waals surface area contributed by atoms with E-state index in [2.05, 4.69) is 18.2 Å². The lowest BCUT2D eigenvalue weighted by Crippen LogP contribution is -2.08. The summed E-state index contributed by atoms with van der Waals surface area (Å²) in [4.78, 5) is 20.5. The topological polar surface area (TPSA) is 54.4 Å². The van der Waals surface area contributed by atoms with Gasteiger partial charge in [0.2, 0.25) is 0 Å². The molecule has 1 aliphatic rings. The molecule has 0 amide bonds. The van der Waals surface area contributed by atoms with Crippen LogP contribution in [-0.4, -0.2) is 17.4 Å². The molecule has 0 saturated carbocycles. The Morgan fingerprint density at radius 3 is 2.42 bits per heavy atom. The number of Topliss-reactive ketones (excluding diaryl/α,β-unsaturated/α-hetero) is 1. The third-order valence-corrected chi connectivity index (χ3v) is 3.18. The third kappa shape index (κ3) is 2.27. The molecular formula is C16H14O3. The molecule has 0 fully saturated rings. The van der Waals surface area contributed by atoms with Crippen molar-refractivity contribution >= 4 is 29.1 Å². The molecule has 0 aromatic heterocycles. The van der Waals surface area contributed by atoms with Gasteiger partial charge in [-0.1, -0.05) is 43.3 Å². The highest BCUT2D eigenvalue weighted by Crippen LogP contribution is 2.31. The Morgan fingerprint density at radius 1 is 1.16 bits per heavy atom. The lowest BCUT2D eigenvalue weighted by molar-refractivity contribution is -0.122. The van der Waals surface area contributed by atoms with E-state index in [1.54, 1.807) is 0 Å². The van der Waals surface area contributed by atoms with E-state index >= 15 is 0 Å². The second-order valence-corrected chi connectivity index (χ2v) is 4.21. The summed E-state index contributed by atoms with van der Waals surface area (Å²) in [6.07, 6.45) is 2.82. The smallest absolute Gasteiger partial charge is 0.290 e. The van der Waals surface area contributed by atoms with Gasteiger partial charge >= 0.3 is 0 Å². The van der Waals surface area contributed by atoms with E-state index in [0.717, 1.165) is 28.3 Å². The first-order valence-electron chi connectivity index (χ1n) is 6.07. The van der Waals surface area contributed by atoms with Gasteiger partial charge in [0.15, 0.2) is 5.78 Å². The van der Waals surface area contributed by atoms with Gasteiger partial charge in [-0.15, -0.1) is 0 Å². The Labute approximate surface area is 111 Å². The molecule has 3 nitrogen and oxygen atoms in total. The van der Waals surface area contributed by atoms with Gasteiger partial charge in [0.1, 0.15) is 0 Å². The van der Waals surface area contributed by atoms with Crippen LogP contribution in [0.4, 0.5) is 0 Å². The molecule has 0 unspecified atom stereocenters.